The SMILES string of the molecule is CN1CCC(CCNCC(C)(C)N2CCNCC2)C1. The Morgan fingerprint density at radius 2 is 1.95 bits per heavy atom. The molecule has 1 unspecified atom stereocenters. The molecule has 0 saturated carbocycles. The van der Waals surface area contributed by atoms with Gasteiger partial charge in [-0.05, 0) is 52.7 Å². The molecule has 4 nitrogen and oxygen atoms in total. The molecule has 2 N–H and O–H groups in total. The van der Waals surface area contributed by atoms with Gasteiger partial charge in [0.05, 0.1) is 0 Å². The summed E-state index contributed by atoms with van der Waals surface area (Å²) in [5.41, 5.74) is 0.286. The van der Waals surface area contributed by atoms with Gasteiger partial charge in [-0.25, -0.2) is 0 Å². The normalized spacial score (nSPS) is 27.0. The lowest BCUT2D eigenvalue weighted by atomic mass is 10.0. The quantitative estimate of drug-likeness (QED) is 0.691. The first-order chi connectivity index (χ1) is 9.08. The van der Waals surface area contributed by atoms with Crippen LogP contribution in [0.5, 0.6) is 0 Å². The summed E-state index contributed by atoms with van der Waals surface area (Å²) >= 11 is 0. The van der Waals surface area contributed by atoms with Gasteiger partial charge in [0, 0.05) is 44.8 Å². The van der Waals surface area contributed by atoms with Crippen LogP contribution < -0.4 is 10.6 Å². The van der Waals surface area contributed by atoms with Gasteiger partial charge < -0.3 is 15.5 Å². The molecule has 2 heterocycles. The van der Waals surface area contributed by atoms with Crippen LogP contribution in [0.3, 0.4) is 0 Å². The molecule has 0 amide bonds. The number of piperazine rings is 1. The van der Waals surface area contributed by atoms with E-state index in [1.54, 1.807) is 0 Å². The van der Waals surface area contributed by atoms with Gasteiger partial charge in [-0.2, -0.15) is 0 Å². The molecular formula is C15H32N4. The van der Waals surface area contributed by atoms with Crippen molar-refractivity contribution < 1.29 is 0 Å². The van der Waals surface area contributed by atoms with E-state index < -0.39 is 0 Å². The molecule has 2 aliphatic heterocycles. The summed E-state index contributed by atoms with van der Waals surface area (Å²) in [6.07, 6.45) is 2.72. The van der Waals surface area contributed by atoms with E-state index >= 15 is 0 Å². The van der Waals surface area contributed by atoms with Gasteiger partial charge in [0.2, 0.25) is 0 Å². The predicted octanol–water partition coefficient (Wildman–Crippen LogP) is 0.602. The van der Waals surface area contributed by atoms with Crippen molar-refractivity contribution in [3.05, 3.63) is 0 Å². The monoisotopic (exact) mass is 268 g/mol. The van der Waals surface area contributed by atoms with Crippen LogP contribution in [0, 0.1) is 5.92 Å². The predicted molar refractivity (Wildman–Crippen MR) is 81.6 cm³/mol. The zero-order valence-corrected chi connectivity index (χ0v) is 13.0. The van der Waals surface area contributed by atoms with Crippen molar-refractivity contribution in [1.29, 1.82) is 0 Å². The van der Waals surface area contributed by atoms with Crippen molar-refractivity contribution in [1.82, 2.24) is 20.4 Å². The molecule has 0 aromatic carbocycles. The second kappa shape index (κ2) is 7.02. The van der Waals surface area contributed by atoms with Crippen LogP contribution in [0.4, 0.5) is 0 Å². The van der Waals surface area contributed by atoms with E-state index in [1.165, 1.54) is 45.6 Å². The van der Waals surface area contributed by atoms with E-state index in [-0.39, 0.29) is 5.54 Å². The summed E-state index contributed by atoms with van der Waals surface area (Å²) in [4.78, 5) is 5.06. The third kappa shape index (κ3) is 4.71. The first kappa shape index (κ1) is 15.2. The van der Waals surface area contributed by atoms with Crippen molar-refractivity contribution in [2.45, 2.75) is 32.2 Å². The number of nitrogens with one attached hydrogen (secondary N) is 2. The van der Waals surface area contributed by atoms with E-state index in [1.807, 2.05) is 0 Å². The van der Waals surface area contributed by atoms with Crippen LogP contribution in [-0.2, 0) is 0 Å². The van der Waals surface area contributed by atoms with Crippen LogP contribution in [-0.4, -0.2) is 74.7 Å². The first-order valence-corrected chi connectivity index (χ1v) is 7.93. The number of hydrogen-bond donors (Lipinski definition) is 2. The van der Waals surface area contributed by atoms with Crippen LogP contribution in [0.1, 0.15) is 26.7 Å². The second-order valence-electron chi connectivity index (χ2n) is 6.93. The molecular weight excluding hydrogens is 236 g/mol. The average Bonchev–Trinajstić information content (AvgIpc) is 2.82. The van der Waals surface area contributed by atoms with Crippen LogP contribution in [0.15, 0.2) is 0 Å². The number of likely N-dealkylation sites (tertiary alicyclic amines) is 1. The third-order valence-corrected chi connectivity index (χ3v) is 4.75. The Morgan fingerprint density at radius 3 is 2.58 bits per heavy atom. The first-order valence-electron chi connectivity index (χ1n) is 7.93. The minimum Gasteiger partial charge on any atom is -0.315 e. The molecule has 112 valence electrons. The molecule has 0 spiro atoms. The maximum Gasteiger partial charge on any atom is 0.0278 e. The van der Waals surface area contributed by atoms with Gasteiger partial charge in [0.25, 0.3) is 0 Å². The van der Waals surface area contributed by atoms with Crippen LogP contribution in [0.2, 0.25) is 0 Å². The molecule has 0 aromatic heterocycles. The van der Waals surface area contributed by atoms with Crippen molar-refractivity contribution in [3.8, 4) is 0 Å². The molecule has 2 fully saturated rings. The average molecular weight is 268 g/mol. The zero-order chi connectivity index (χ0) is 13.7. The lowest BCUT2D eigenvalue weighted by Crippen LogP contribution is -2.57. The highest BCUT2D eigenvalue weighted by atomic mass is 15.2. The van der Waals surface area contributed by atoms with Gasteiger partial charge in [0.1, 0.15) is 0 Å². The Balaban J connectivity index is 1.61. The van der Waals surface area contributed by atoms with Gasteiger partial charge in [-0.15, -0.1) is 0 Å². The van der Waals surface area contributed by atoms with E-state index in [0.29, 0.717) is 0 Å². The molecule has 1 atom stereocenters. The smallest absolute Gasteiger partial charge is 0.0278 e. The van der Waals surface area contributed by atoms with Crippen LogP contribution in [0.25, 0.3) is 0 Å². The second-order valence-corrected chi connectivity index (χ2v) is 6.93. The number of rotatable bonds is 6. The summed E-state index contributed by atoms with van der Waals surface area (Å²) in [5, 5.41) is 7.11. The maximum atomic E-state index is 3.68. The molecule has 0 aromatic rings. The van der Waals surface area contributed by atoms with E-state index in [0.717, 1.165) is 25.6 Å². The van der Waals surface area contributed by atoms with Crippen molar-refractivity contribution in [2.24, 2.45) is 5.92 Å². The van der Waals surface area contributed by atoms with Gasteiger partial charge in [-0.3, -0.25) is 4.90 Å². The largest absolute Gasteiger partial charge is 0.315 e. The standard InChI is InChI=1S/C15H32N4/c1-15(2,19-10-7-16-8-11-19)13-17-6-4-14-5-9-18(3)12-14/h14,16-17H,4-13H2,1-3H3. The van der Waals surface area contributed by atoms with E-state index in [2.05, 4.69) is 41.3 Å². The van der Waals surface area contributed by atoms with Gasteiger partial charge in [-0.1, -0.05) is 0 Å². The highest BCUT2D eigenvalue weighted by molar-refractivity contribution is 4.86. The third-order valence-electron chi connectivity index (χ3n) is 4.75. The fourth-order valence-electron chi connectivity index (χ4n) is 3.34. The molecule has 2 aliphatic rings. The zero-order valence-electron chi connectivity index (χ0n) is 13.0. The Kier molecular flexibility index (Phi) is 5.63. The van der Waals surface area contributed by atoms with Crippen LogP contribution >= 0.6 is 0 Å². The minimum absolute atomic E-state index is 0.286. The Bertz CT molecular complexity index is 261. The summed E-state index contributed by atoms with van der Waals surface area (Å²) in [6.45, 7) is 14.2. The Hall–Kier alpha value is -0.160. The van der Waals surface area contributed by atoms with Crippen molar-refractivity contribution in [3.63, 3.8) is 0 Å². The Morgan fingerprint density at radius 1 is 1.21 bits per heavy atom. The molecule has 4 heteroatoms. The highest BCUT2D eigenvalue weighted by Crippen LogP contribution is 2.18. The van der Waals surface area contributed by atoms with E-state index in [9.17, 15) is 0 Å². The number of hydrogen-bond acceptors (Lipinski definition) is 4. The molecule has 0 bridgehead atoms. The fraction of sp³-hybridized carbons (Fsp3) is 1.00. The van der Waals surface area contributed by atoms with Gasteiger partial charge >= 0.3 is 0 Å². The summed E-state index contributed by atoms with van der Waals surface area (Å²) < 4.78 is 0. The lowest BCUT2D eigenvalue weighted by Gasteiger charge is -2.41. The molecule has 0 radical (unpaired) electrons. The topological polar surface area (TPSA) is 30.5 Å². The highest BCUT2D eigenvalue weighted by Gasteiger charge is 2.27. The fourth-order valence-corrected chi connectivity index (χ4v) is 3.34. The molecule has 0 aliphatic carbocycles. The molecule has 2 rings (SSSR count). The lowest BCUT2D eigenvalue weighted by molar-refractivity contribution is 0.102. The summed E-state index contributed by atoms with van der Waals surface area (Å²) in [5.74, 6) is 0.916. The molecule has 19 heavy (non-hydrogen) atoms. The summed E-state index contributed by atoms with van der Waals surface area (Å²) in [7, 11) is 2.24. The minimum atomic E-state index is 0.286. The van der Waals surface area contributed by atoms with Crippen molar-refractivity contribution in [2.75, 3.05) is 59.4 Å². The van der Waals surface area contributed by atoms with Crippen molar-refractivity contribution >= 4 is 0 Å². The van der Waals surface area contributed by atoms with Gasteiger partial charge in [0.15, 0.2) is 0 Å². The molecule has 2 saturated heterocycles. The summed E-state index contributed by atoms with van der Waals surface area (Å²) in [6, 6.07) is 0. The number of nitrogens with zero attached hydrogens (tertiary/aromatic N) is 2. The Labute approximate surface area is 118 Å². The maximum absolute atomic E-state index is 3.68. The van der Waals surface area contributed by atoms with E-state index in [4.69, 9.17) is 0 Å².